The summed E-state index contributed by atoms with van der Waals surface area (Å²) in [5, 5.41) is 25.9. The highest BCUT2D eigenvalue weighted by Gasteiger charge is 2.30. The van der Waals surface area contributed by atoms with Gasteiger partial charge in [0.05, 0.1) is 15.4 Å². The number of anilines is 1. The van der Waals surface area contributed by atoms with Crippen LogP contribution < -0.4 is 5.32 Å². The minimum atomic E-state index is -0.630. The summed E-state index contributed by atoms with van der Waals surface area (Å²) >= 11 is 0. The van der Waals surface area contributed by atoms with Gasteiger partial charge < -0.3 is 10.3 Å². The summed E-state index contributed by atoms with van der Waals surface area (Å²) in [6.07, 6.45) is 1.44. The fraction of sp³-hybridized carbons (Fsp3) is 0.235. The summed E-state index contributed by atoms with van der Waals surface area (Å²) in [7, 11) is 0. The van der Waals surface area contributed by atoms with Gasteiger partial charge in [-0.2, -0.15) is 0 Å². The lowest BCUT2D eigenvalue weighted by Gasteiger charge is -2.08. The zero-order valence-corrected chi connectivity index (χ0v) is 14.1. The summed E-state index contributed by atoms with van der Waals surface area (Å²) in [5.41, 5.74) is 0.703. The Hall–Kier alpha value is -3.49. The van der Waals surface area contributed by atoms with Crippen LogP contribution in [0.5, 0.6) is 0 Å². The number of nitrogens with one attached hydrogen (secondary N) is 2. The summed E-state index contributed by atoms with van der Waals surface area (Å²) in [5.74, 6) is 0.457. The Morgan fingerprint density at radius 2 is 1.88 bits per heavy atom. The standard InChI is InChI=1S/C17H17N5O4/c1-11-19-13-10-14(21(23)24)16(17(22(25)26)15(13)20-11)18-9-5-8-12-6-3-2-4-7-12/h2-4,6-7,10,18H,5,8-9H2,1H3,(H,19,20). The number of benzene rings is 2. The van der Waals surface area contributed by atoms with E-state index in [2.05, 4.69) is 15.3 Å². The molecule has 9 heteroatoms. The zero-order valence-electron chi connectivity index (χ0n) is 14.1. The molecule has 3 rings (SSSR count). The van der Waals surface area contributed by atoms with Gasteiger partial charge in [-0.05, 0) is 25.3 Å². The van der Waals surface area contributed by atoms with Gasteiger partial charge in [-0.15, -0.1) is 0 Å². The Kier molecular flexibility index (Phi) is 4.78. The largest absolute Gasteiger partial charge is 0.374 e. The monoisotopic (exact) mass is 355 g/mol. The molecule has 1 heterocycles. The van der Waals surface area contributed by atoms with Crippen molar-refractivity contribution in [3.8, 4) is 0 Å². The number of aryl methyl sites for hydroxylation is 2. The lowest BCUT2D eigenvalue weighted by Crippen LogP contribution is -2.08. The predicted octanol–water partition coefficient (Wildman–Crippen LogP) is 3.73. The Morgan fingerprint density at radius 1 is 1.15 bits per heavy atom. The third kappa shape index (κ3) is 3.46. The predicted molar refractivity (Wildman–Crippen MR) is 97.4 cm³/mol. The molecular weight excluding hydrogens is 338 g/mol. The van der Waals surface area contributed by atoms with E-state index >= 15 is 0 Å². The molecule has 2 aromatic carbocycles. The molecule has 0 radical (unpaired) electrons. The normalized spacial score (nSPS) is 10.8. The van der Waals surface area contributed by atoms with Gasteiger partial charge in [-0.25, -0.2) is 4.98 Å². The molecule has 0 amide bonds. The molecule has 0 aliphatic carbocycles. The van der Waals surface area contributed by atoms with Crippen LogP contribution >= 0.6 is 0 Å². The maximum Gasteiger partial charge on any atom is 0.327 e. The number of nitro benzene ring substituents is 2. The number of aromatic nitrogens is 2. The van der Waals surface area contributed by atoms with Crippen molar-refractivity contribution in [2.75, 3.05) is 11.9 Å². The summed E-state index contributed by atoms with van der Waals surface area (Å²) in [6.45, 7) is 2.01. The molecule has 9 nitrogen and oxygen atoms in total. The minimum absolute atomic E-state index is 0.105. The number of hydrogen-bond donors (Lipinski definition) is 2. The van der Waals surface area contributed by atoms with E-state index in [1.54, 1.807) is 6.92 Å². The molecule has 0 unspecified atom stereocenters. The molecule has 0 aliphatic rings. The highest BCUT2D eigenvalue weighted by Crippen LogP contribution is 2.40. The smallest absolute Gasteiger partial charge is 0.327 e. The van der Waals surface area contributed by atoms with Crippen LogP contribution in [0.15, 0.2) is 36.4 Å². The maximum absolute atomic E-state index is 11.6. The molecular formula is C17H17N5O4. The van der Waals surface area contributed by atoms with Crippen LogP contribution in [0, 0.1) is 27.2 Å². The zero-order chi connectivity index (χ0) is 18.7. The molecule has 134 valence electrons. The van der Waals surface area contributed by atoms with Crippen LogP contribution in [0.3, 0.4) is 0 Å². The average molecular weight is 355 g/mol. The van der Waals surface area contributed by atoms with Crippen LogP contribution in [-0.4, -0.2) is 26.4 Å². The van der Waals surface area contributed by atoms with Gasteiger partial charge >= 0.3 is 11.4 Å². The number of rotatable bonds is 7. The molecule has 0 atom stereocenters. The van der Waals surface area contributed by atoms with Crippen molar-refractivity contribution in [2.45, 2.75) is 19.8 Å². The van der Waals surface area contributed by atoms with Crippen LogP contribution in [0.25, 0.3) is 11.0 Å². The van der Waals surface area contributed by atoms with E-state index in [0.717, 1.165) is 12.0 Å². The number of H-pyrrole nitrogens is 1. The number of nitrogens with zero attached hydrogens (tertiary/aromatic N) is 3. The van der Waals surface area contributed by atoms with Gasteiger partial charge in [0.2, 0.25) is 0 Å². The first-order chi connectivity index (χ1) is 12.5. The van der Waals surface area contributed by atoms with Crippen molar-refractivity contribution in [1.29, 1.82) is 0 Å². The van der Waals surface area contributed by atoms with Crippen molar-refractivity contribution in [1.82, 2.24) is 9.97 Å². The summed E-state index contributed by atoms with van der Waals surface area (Å²) in [6, 6.07) is 11.1. The van der Waals surface area contributed by atoms with Crippen molar-refractivity contribution < 1.29 is 9.85 Å². The molecule has 3 aromatic rings. The van der Waals surface area contributed by atoms with Gasteiger partial charge in [-0.1, -0.05) is 30.3 Å². The van der Waals surface area contributed by atoms with Gasteiger partial charge in [0, 0.05) is 12.6 Å². The number of fused-ring (bicyclic) bond motifs is 1. The van der Waals surface area contributed by atoms with Gasteiger partial charge in [0.1, 0.15) is 5.82 Å². The fourth-order valence-corrected chi connectivity index (χ4v) is 2.89. The molecule has 0 saturated carbocycles. The fourth-order valence-electron chi connectivity index (χ4n) is 2.89. The second-order valence-electron chi connectivity index (χ2n) is 5.87. The van der Waals surface area contributed by atoms with E-state index in [4.69, 9.17) is 0 Å². The van der Waals surface area contributed by atoms with Gasteiger partial charge in [0.25, 0.3) is 0 Å². The first-order valence-corrected chi connectivity index (χ1v) is 8.07. The highest BCUT2D eigenvalue weighted by molar-refractivity contribution is 5.96. The first kappa shape index (κ1) is 17.3. The highest BCUT2D eigenvalue weighted by atomic mass is 16.6. The Bertz CT molecular complexity index is 968. The van der Waals surface area contributed by atoms with E-state index in [1.807, 2.05) is 30.3 Å². The number of nitro groups is 2. The SMILES string of the molecule is Cc1nc2c([N+](=O)[O-])c(NCCCc3ccccc3)c([N+](=O)[O-])cc2[nH]1. The van der Waals surface area contributed by atoms with E-state index in [9.17, 15) is 20.2 Å². The number of imidazole rings is 1. The van der Waals surface area contributed by atoms with E-state index in [1.165, 1.54) is 6.07 Å². The third-order valence-corrected chi connectivity index (χ3v) is 4.01. The lowest BCUT2D eigenvalue weighted by atomic mass is 10.1. The second-order valence-corrected chi connectivity index (χ2v) is 5.87. The molecule has 0 bridgehead atoms. The van der Waals surface area contributed by atoms with Crippen LogP contribution in [0.1, 0.15) is 17.8 Å². The number of hydrogen-bond acceptors (Lipinski definition) is 6. The van der Waals surface area contributed by atoms with Crippen molar-refractivity contribution in [3.63, 3.8) is 0 Å². The minimum Gasteiger partial charge on any atom is -0.374 e. The Morgan fingerprint density at radius 3 is 2.54 bits per heavy atom. The maximum atomic E-state index is 11.6. The Labute approximate surface area is 148 Å². The second kappa shape index (κ2) is 7.18. The van der Waals surface area contributed by atoms with E-state index in [0.29, 0.717) is 18.8 Å². The molecule has 0 spiro atoms. The molecule has 26 heavy (non-hydrogen) atoms. The van der Waals surface area contributed by atoms with Crippen LogP contribution in [-0.2, 0) is 6.42 Å². The van der Waals surface area contributed by atoms with E-state index in [-0.39, 0.29) is 28.1 Å². The third-order valence-electron chi connectivity index (χ3n) is 4.01. The average Bonchev–Trinajstić information content (AvgIpc) is 2.97. The quantitative estimate of drug-likeness (QED) is 0.377. The first-order valence-electron chi connectivity index (χ1n) is 8.07. The lowest BCUT2D eigenvalue weighted by molar-refractivity contribution is -0.391. The van der Waals surface area contributed by atoms with Crippen LogP contribution in [0.2, 0.25) is 0 Å². The summed E-state index contributed by atoms with van der Waals surface area (Å²) in [4.78, 5) is 28.6. The van der Waals surface area contributed by atoms with Crippen LogP contribution in [0.4, 0.5) is 17.1 Å². The van der Waals surface area contributed by atoms with Crippen molar-refractivity contribution in [2.24, 2.45) is 0 Å². The van der Waals surface area contributed by atoms with E-state index < -0.39 is 9.85 Å². The summed E-state index contributed by atoms with van der Waals surface area (Å²) < 4.78 is 0. The van der Waals surface area contributed by atoms with Crippen molar-refractivity contribution >= 4 is 28.1 Å². The van der Waals surface area contributed by atoms with Crippen molar-refractivity contribution in [3.05, 3.63) is 68.0 Å². The molecule has 0 fully saturated rings. The van der Waals surface area contributed by atoms with Gasteiger partial charge in [-0.3, -0.25) is 20.2 Å². The Balaban J connectivity index is 1.89. The molecule has 0 saturated heterocycles. The number of aromatic amines is 1. The molecule has 2 N–H and O–H groups in total. The molecule has 1 aromatic heterocycles. The topological polar surface area (TPSA) is 127 Å². The molecule has 0 aliphatic heterocycles. The van der Waals surface area contributed by atoms with Gasteiger partial charge in [0.15, 0.2) is 11.2 Å².